The molecule has 0 aromatic carbocycles. The zero-order chi connectivity index (χ0) is 15.8. The number of aromatic nitrogens is 1. The molecule has 1 saturated carbocycles. The van der Waals surface area contributed by atoms with Crippen molar-refractivity contribution in [2.24, 2.45) is 5.92 Å². The number of likely N-dealkylation sites (tertiary alicyclic amines) is 1. The highest BCUT2D eigenvalue weighted by Gasteiger charge is 2.43. The molecule has 1 amide bonds. The highest BCUT2D eigenvalue weighted by molar-refractivity contribution is 5.94. The third-order valence-electron chi connectivity index (χ3n) is 5.33. The molecule has 4 rings (SSSR count). The molecule has 2 aliphatic heterocycles. The van der Waals surface area contributed by atoms with Crippen LogP contribution in [0.15, 0.2) is 18.3 Å². The first kappa shape index (κ1) is 15.1. The van der Waals surface area contributed by atoms with E-state index < -0.39 is 0 Å². The Morgan fingerprint density at radius 3 is 2.91 bits per heavy atom. The molecule has 124 valence electrons. The van der Waals surface area contributed by atoms with Crippen molar-refractivity contribution < 1.29 is 9.53 Å². The minimum absolute atomic E-state index is 0.0875. The molecule has 0 radical (unpaired) electrons. The van der Waals surface area contributed by atoms with Crippen LogP contribution < -0.4 is 0 Å². The van der Waals surface area contributed by atoms with Crippen LogP contribution in [0.3, 0.4) is 0 Å². The SMILES string of the molecule is CCc1ccc(C(=O)N2C[C@@H]3OCCN(CC4CC4)[C@@H]3C2)cn1. The first-order chi connectivity index (χ1) is 11.2. The number of hydrogen-bond donors (Lipinski definition) is 0. The maximum Gasteiger partial charge on any atom is 0.255 e. The number of nitrogens with zero attached hydrogens (tertiary/aromatic N) is 3. The Kier molecular flexibility index (Phi) is 4.07. The summed E-state index contributed by atoms with van der Waals surface area (Å²) >= 11 is 0. The maximum atomic E-state index is 12.7. The van der Waals surface area contributed by atoms with E-state index in [1.807, 2.05) is 17.0 Å². The second-order valence-corrected chi connectivity index (χ2v) is 7.02. The van der Waals surface area contributed by atoms with Gasteiger partial charge in [-0.1, -0.05) is 6.92 Å². The average Bonchev–Trinajstić information content (AvgIpc) is 3.29. The van der Waals surface area contributed by atoms with E-state index in [0.29, 0.717) is 18.2 Å². The van der Waals surface area contributed by atoms with Gasteiger partial charge in [0.05, 0.1) is 24.3 Å². The molecular weight excluding hydrogens is 290 g/mol. The number of pyridine rings is 1. The second-order valence-electron chi connectivity index (χ2n) is 7.02. The monoisotopic (exact) mass is 315 g/mol. The zero-order valence-corrected chi connectivity index (χ0v) is 13.8. The molecular formula is C18H25N3O2. The lowest BCUT2D eigenvalue weighted by Crippen LogP contribution is -2.51. The third-order valence-corrected chi connectivity index (χ3v) is 5.33. The third kappa shape index (κ3) is 3.12. The van der Waals surface area contributed by atoms with E-state index in [-0.39, 0.29) is 12.0 Å². The number of aryl methyl sites for hydroxylation is 1. The van der Waals surface area contributed by atoms with Crippen molar-refractivity contribution in [1.29, 1.82) is 0 Å². The Bertz CT molecular complexity index is 570. The van der Waals surface area contributed by atoms with Gasteiger partial charge in [0.15, 0.2) is 0 Å². The molecule has 1 aromatic heterocycles. The molecule has 3 aliphatic rings. The van der Waals surface area contributed by atoms with Gasteiger partial charge < -0.3 is 9.64 Å². The highest BCUT2D eigenvalue weighted by Crippen LogP contribution is 2.33. The van der Waals surface area contributed by atoms with E-state index in [9.17, 15) is 4.79 Å². The minimum atomic E-state index is 0.0875. The molecule has 5 nitrogen and oxygen atoms in total. The standard InChI is InChI=1S/C18H25N3O2/c1-2-15-6-5-14(9-19-15)18(22)21-11-16-17(12-21)23-8-7-20(16)10-13-3-4-13/h5-6,9,13,16-17H,2-4,7-8,10-12H2,1H3/t16-,17+/m1/s1. The molecule has 2 saturated heterocycles. The van der Waals surface area contributed by atoms with Crippen LogP contribution in [-0.2, 0) is 11.2 Å². The summed E-state index contributed by atoms with van der Waals surface area (Å²) in [7, 11) is 0. The Balaban J connectivity index is 1.44. The number of carbonyl (C=O) groups excluding carboxylic acids is 1. The van der Waals surface area contributed by atoms with E-state index in [1.54, 1.807) is 6.20 Å². The molecule has 1 aromatic rings. The summed E-state index contributed by atoms with van der Waals surface area (Å²) in [4.78, 5) is 21.6. The van der Waals surface area contributed by atoms with E-state index >= 15 is 0 Å². The Labute approximate surface area is 137 Å². The van der Waals surface area contributed by atoms with Crippen molar-refractivity contribution in [1.82, 2.24) is 14.8 Å². The average molecular weight is 315 g/mol. The van der Waals surface area contributed by atoms with Gasteiger partial charge in [0.1, 0.15) is 0 Å². The van der Waals surface area contributed by atoms with Gasteiger partial charge >= 0.3 is 0 Å². The van der Waals surface area contributed by atoms with E-state index in [0.717, 1.165) is 37.7 Å². The van der Waals surface area contributed by atoms with E-state index in [4.69, 9.17) is 4.74 Å². The number of carbonyl (C=O) groups is 1. The van der Waals surface area contributed by atoms with Crippen molar-refractivity contribution in [3.05, 3.63) is 29.6 Å². The molecule has 0 spiro atoms. The van der Waals surface area contributed by atoms with Gasteiger partial charge in [-0.15, -0.1) is 0 Å². The van der Waals surface area contributed by atoms with Crippen molar-refractivity contribution >= 4 is 5.91 Å². The predicted octanol–water partition coefficient (Wildman–Crippen LogP) is 1.58. The van der Waals surface area contributed by atoms with Gasteiger partial charge in [-0.25, -0.2) is 0 Å². The molecule has 0 N–H and O–H groups in total. The summed E-state index contributed by atoms with van der Waals surface area (Å²) in [5.74, 6) is 0.966. The maximum absolute atomic E-state index is 12.7. The first-order valence-corrected chi connectivity index (χ1v) is 8.84. The molecule has 5 heteroatoms. The van der Waals surface area contributed by atoms with Crippen LogP contribution in [0.1, 0.15) is 35.8 Å². The van der Waals surface area contributed by atoms with Crippen LogP contribution in [0.25, 0.3) is 0 Å². The van der Waals surface area contributed by atoms with Crippen LogP contribution in [0.2, 0.25) is 0 Å². The van der Waals surface area contributed by atoms with Gasteiger partial charge in [0.25, 0.3) is 5.91 Å². The lowest BCUT2D eigenvalue weighted by atomic mass is 10.1. The number of fused-ring (bicyclic) bond motifs is 1. The van der Waals surface area contributed by atoms with E-state index in [2.05, 4.69) is 16.8 Å². The summed E-state index contributed by atoms with van der Waals surface area (Å²) in [5, 5.41) is 0. The van der Waals surface area contributed by atoms with Crippen molar-refractivity contribution in [3.63, 3.8) is 0 Å². The first-order valence-electron chi connectivity index (χ1n) is 8.84. The summed E-state index contributed by atoms with van der Waals surface area (Å²) in [6, 6.07) is 4.22. The van der Waals surface area contributed by atoms with Crippen LogP contribution in [0.5, 0.6) is 0 Å². The minimum Gasteiger partial charge on any atom is -0.373 e. The molecule has 3 fully saturated rings. The Hall–Kier alpha value is -1.46. The molecule has 1 aliphatic carbocycles. The topological polar surface area (TPSA) is 45.7 Å². The van der Waals surface area contributed by atoms with Gasteiger partial charge in [-0.2, -0.15) is 0 Å². The van der Waals surface area contributed by atoms with E-state index in [1.165, 1.54) is 19.4 Å². The number of morpholine rings is 1. The molecule has 23 heavy (non-hydrogen) atoms. The summed E-state index contributed by atoms with van der Waals surface area (Å²) in [6.07, 6.45) is 5.52. The molecule has 0 unspecified atom stereocenters. The van der Waals surface area contributed by atoms with Crippen LogP contribution in [0.4, 0.5) is 0 Å². The highest BCUT2D eigenvalue weighted by atomic mass is 16.5. The Morgan fingerprint density at radius 2 is 2.22 bits per heavy atom. The largest absolute Gasteiger partial charge is 0.373 e. The van der Waals surface area contributed by atoms with Gasteiger partial charge in [-0.05, 0) is 37.3 Å². The number of ether oxygens (including phenoxy) is 1. The number of hydrogen-bond acceptors (Lipinski definition) is 4. The lowest BCUT2D eigenvalue weighted by Gasteiger charge is -2.36. The van der Waals surface area contributed by atoms with Crippen LogP contribution in [0, 0.1) is 5.92 Å². The van der Waals surface area contributed by atoms with Crippen LogP contribution in [-0.4, -0.2) is 65.6 Å². The number of rotatable bonds is 4. The van der Waals surface area contributed by atoms with Crippen molar-refractivity contribution in [2.75, 3.05) is 32.8 Å². The number of amides is 1. The molecule has 2 atom stereocenters. The quantitative estimate of drug-likeness (QED) is 0.846. The van der Waals surface area contributed by atoms with Crippen molar-refractivity contribution in [3.8, 4) is 0 Å². The fourth-order valence-electron chi connectivity index (χ4n) is 3.73. The fourth-order valence-corrected chi connectivity index (χ4v) is 3.73. The van der Waals surface area contributed by atoms with Gasteiger partial charge in [-0.3, -0.25) is 14.7 Å². The van der Waals surface area contributed by atoms with Gasteiger partial charge in [0, 0.05) is 38.1 Å². The summed E-state index contributed by atoms with van der Waals surface area (Å²) < 4.78 is 5.94. The lowest BCUT2D eigenvalue weighted by molar-refractivity contribution is -0.0484. The summed E-state index contributed by atoms with van der Waals surface area (Å²) in [5.41, 5.74) is 1.71. The zero-order valence-electron chi connectivity index (χ0n) is 13.8. The van der Waals surface area contributed by atoms with Crippen LogP contribution >= 0.6 is 0 Å². The van der Waals surface area contributed by atoms with Crippen molar-refractivity contribution in [2.45, 2.75) is 38.3 Å². The molecule has 3 heterocycles. The smallest absolute Gasteiger partial charge is 0.255 e. The van der Waals surface area contributed by atoms with Gasteiger partial charge in [0.2, 0.25) is 0 Å². The summed E-state index contributed by atoms with van der Waals surface area (Å²) in [6.45, 7) is 6.54. The molecule has 0 bridgehead atoms. The predicted molar refractivity (Wildman–Crippen MR) is 87.3 cm³/mol. The fraction of sp³-hybridized carbons (Fsp3) is 0.667. The Morgan fingerprint density at radius 1 is 1.35 bits per heavy atom. The second kappa shape index (κ2) is 6.21. The normalized spacial score (nSPS) is 28.0.